The summed E-state index contributed by atoms with van der Waals surface area (Å²) in [6, 6.07) is 14.5. The summed E-state index contributed by atoms with van der Waals surface area (Å²) in [5.41, 5.74) is 13.9. The van der Waals surface area contributed by atoms with Crippen molar-refractivity contribution in [3.05, 3.63) is 89.0 Å². The lowest BCUT2D eigenvalue weighted by Crippen LogP contribution is -1.99. The molecule has 0 aliphatic heterocycles. The van der Waals surface area contributed by atoms with Crippen LogP contribution in [0.2, 0.25) is 0 Å². The number of rotatable bonds is 3. The van der Waals surface area contributed by atoms with Gasteiger partial charge in [0.2, 0.25) is 0 Å². The maximum absolute atomic E-state index is 7.73. The van der Waals surface area contributed by atoms with Crippen molar-refractivity contribution in [1.82, 2.24) is 0 Å². The van der Waals surface area contributed by atoms with Crippen LogP contribution in [0.3, 0.4) is 0 Å². The summed E-state index contributed by atoms with van der Waals surface area (Å²) in [5, 5.41) is 10.9. The van der Waals surface area contributed by atoms with Crippen molar-refractivity contribution in [2.75, 3.05) is 18.1 Å². The van der Waals surface area contributed by atoms with E-state index >= 15 is 0 Å². The molecule has 0 amide bonds. The van der Waals surface area contributed by atoms with Crippen molar-refractivity contribution >= 4 is 35.1 Å². The van der Waals surface area contributed by atoms with Gasteiger partial charge in [0, 0.05) is 18.4 Å². The summed E-state index contributed by atoms with van der Waals surface area (Å²) < 4.78 is 0. The Kier molecular flexibility index (Phi) is 5.84. The molecule has 1 aliphatic carbocycles. The molecule has 3 rings (SSSR count). The zero-order valence-corrected chi connectivity index (χ0v) is 15.2. The molecule has 128 valence electrons. The summed E-state index contributed by atoms with van der Waals surface area (Å²) >= 11 is 0. The fourth-order valence-electron chi connectivity index (χ4n) is 2.80. The Morgan fingerprint density at radius 1 is 0.960 bits per heavy atom. The van der Waals surface area contributed by atoms with E-state index in [0.717, 1.165) is 39.2 Å². The van der Waals surface area contributed by atoms with E-state index in [1.807, 2.05) is 56.5 Å². The molecular formula is C21H22ClN3. The lowest BCUT2D eigenvalue weighted by Gasteiger charge is -2.16. The van der Waals surface area contributed by atoms with Crippen LogP contribution >= 0.6 is 12.4 Å². The minimum atomic E-state index is 0. The Morgan fingerprint density at radius 3 is 2.28 bits per heavy atom. The van der Waals surface area contributed by atoms with Gasteiger partial charge in [0.1, 0.15) is 0 Å². The quantitative estimate of drug-likeness (QED) is 0.682. The Labute approximate surface area is 154 Å². The van der Waals surface area contributed by atoms with Gasteiger partial charge in [-0.1, -0.05) is 30.4 Å². The molecule has 0 saturated heterocycles. The third-order valence-corrected chi connectivity index (χ3v) is 4.17. The van der Waals surface area contributed by atoms with Crippen LogP contribution in [0.5, 0.6) is 0 Å². The van der Waals surface area contributed by atoms with Gasteiger partial charge in [-0.25, -0.2) is 0 Å². The normalized spacial score (nSPS) is 12.7. The first-order valence-electron chi connectivity index (χ1n) is 7.92. The van der Waals surface area contributed by atoms with E-state index in [9.17, 15) is 0 Å². The van der Waals surface area contributed by atoms with E-state index in [4.69, 9.17) is 11.1 Å². The number of halogens is 1. The fourth-order valence-corrected chi connectivity index (χ4v) is 2.80. The van der Waals surface area contributed by atoms with Crippen LogP contribution in [-0.2, 0) is 0 Å². The molecule has 4 heteroatoms. The molecule has 25 heavy (non-hydrogen) atoms. The molecule has 0 saturated carbocycles. The Hall–Kier alpha value is -2.78. The van der Waals surface area contributed by atoms with Crippen LogP contribution in [-0.4, -0.2) is 12.8 Å². The molecule has 3 nitrogen and oxygen atoms in total. The van der Waals surface area contributed by atoms with Gasteiger partial charge in [-0.3, -0.25) is 0 Å². The maximum atomic E-state index is 7.73. The van der Waals surface area contributed by atoms with E-state index in [0.29, 0.717) is 5.71 Å². The highest BCUT2D eigenvalue weighted by molar-refractivity contribution is 6.05. The molecule has 1 aliphatic rings. The molecule has 0 unspecified atom stereocenters. The molecule has 2 aromatic rings. The number of allylic oxidation sites excluding steroid dienone is 5. The smallest absolute Gasteiger partial charge is 0.0540 e. The topological polar surface area (TPSA) is 61.9 Å². The number of aryl methyl sites for hydroxylation is 1. The predicted octanol–water partition coefficient (Wildman–Crippen LogP) is 4.99. The first-order chi connectivity index (χ1) is 11.6. The molecule has 2 aromatic carbocycles. The molecule has 0 radical (unpaired) electrons. The average Bonchev–Trinajstić information content (AvgIpc) is 2.60. The predicted molar refractivity (Wildman–Crippen MR) is 111 cm³/mol. The first kappa shape index (κ1) is 18.6. The Balaban J connectivity index is 0.00000225. The number of anilines is 2. The minimum Gasteiger partial charge on any atom is -0.399 e. The molecule has 0 spiro atoms. The van der Waals surface area contributed by atoms with Crippen molar-refractivity contribution in [3.63, 3.8) is 0 Å². The SMILES string of the molecule is CNc1cccc(C(=C2C=CC(=N)C=C2)c2ccc(N)c(C)c2)c1.Cl. The number of hydrogen-bond donors (Lipinski definition) is 3. The number of nitrogens with one attached hydrogen (secondary N) is 2. The summed E-state index contributed by atoms with van der Waals surface area (Å²) in [4.78, 5) is 0. The number of hydrogen-bond acceptors (Lipinski definition) is 3. The Bertz CT molecular complexity index is 874. The van der Waals surface area contributed by atoms with Gasteiger partial charge in [-0.15, -0.1) is 12.4 Å². The van der Waals surface area contributed by atoms with Crippen molar-refractivity contribution < 1.29 is 0 Å². The number of benzene rings is 2. The number of nitrogen functional groups attached to an aromatic ring is 1. The fraction of sp³-hybridized carbons (Fsp3) is 0.0952. The third-order valence-electron chi connectivity index (χ3n) is 4.17. The van der Waals surface area contributed by atoms with Gasteiger partial charge in [0.05, 0.1) is 5.71 Å². The van der Waals surface area contributed by atoms with E-state index in [1.54, 1.807) is 0 Å². The van der Waals surface area contributed by atoms with Gasteiger partial charge in [0.15, 0.2) is 0 Å². The maximum Gasteiger partial charge on any atom is 0.0540 e. The van der Waals surface area contributed by atoms with Crippen molar-refractivity contribution in [2.45, 2.75) is 6.92 Å². The Morgan fingerprint density at radius 2 is 1.64 bits per heavy atom. The van der Waals surface area contributed by atoms with Crippen molar-refractivity contribution in [3.8, 4) is 0 Å². The van der Waals surface area contributed by atoms with Crippen LogP contribution in [0.1, 0.15) is 16.7 Å². The largest absolute Gasteiger partial charge is 0.399 e. The highest BCUT2D eigenvalue weighted by Crippen LogP contribution is 2.32. The second-order valence-corrected chi connectivity index (χ2v) is 5.85. The van der Waals surface area contributed by atoms with Gasteiger partial charge in [-0.05, 0) is 71.2 Å². The van der Waals surface area contributed by atoms with E-state index in [1.165, 1.54) is 0 Å². The zero-order chi connectivity index (χ0) is 17.1. The summed E-state index contributed by atoms with van der Waals surface area (Å²) in [5.74, 6) is 0. The van der Waals surface area contributed by atoms with Crippen LogP contribution in [0.25, 0.3) is 5.57 Å². The minimum absolute atomic E-state index is 0. The highest BCUT2D eigenvalue weighted by atomic mass is 35.5. The highest BCUT2D eigenvalue weighted by Gasteiger charge is 2.12. The number of nitrogens with two attached hydrogens (primary N) is 1. The van der Waals surface area contributed by atoms with Gasteiger partial charge < -0.3 is 16.5 Å². The summed E-state index contributed by atoms with van der Waals surface area (Å²) in [7, 11) is 1.92. The molecule has 0 atom stereocenters. The average molecular weight is 352 g/mol. The monoisotopic (exact) mass is 351 g/mol. The van der Waals surface area contributed by atoms with Crippen LogP contribution in [0.15, 0.2) is 72.3 Å². The standard InChI is InChI=1S/C21H21N3.ClH/c1-14-12-17(8-11-20(14)23)21(15-6-9-18(22)10-7-15)16-4-3-5-19(13-16)24-2;/h3-13,22,24H,23H2,1-2H3;1H. The molecule has 0 fully saturated rings. The van der Waals surface area contributed by atoms with Crippen molar-refractivity contribution in [2.24, 2.45) is 0 Å². The van der Waals surface area contributed by atoms with Gasteiger partial charge in [-0.2, -0.15) is 0 Å². The second kappa shape index (κ2) is 7.86. The summed E-state index contributed by atoms with van der Waals surface area (Å²) in [6.45, 7) is 2.02. The van der Waals surface area contributed by atoms with E-state index in [-0.39, 0.29) is 12.4 Å². The second-order valence-electron chi connectivity index (χ2n) is 5.85. The molecule has 0 bridgehead atoms. The van der Waals surface area contributed by atoms with Crippen LogP contribution < -0.4 is 11.1 Å². The molecular weight excluding hydrogens is 330 g/mol. The van der Waals surface area contributed by atoms with E-state index < -0.39 is 0 Å². The van der Waals surface area contributed by atoms with Gasteiger partial charge >= 0.3 is 0 Å². The van der Waals surface area contributed by atoms with Crippen LogP contribution in [0.4, 0.5) is 11.4 Å². The molecule has 4 N–H and O–H groups in total. The van der Waals surface area contributed by atoms with Gasteiger partial charge in [0.25, 0.3) is 0 Å². The molecule has 0 aromatic heterocycles. The lowest BCUT2D eigenvalue weighted by atomic mass is 9.89. The van der Waals surface area contributed by atoms with Crippen LogP contribution in [0, 0.1) is 12.3 Å². The zero-order valence-electron chi connectivity index (χ0n) is 14.3. The summed E-state index contributed by atoms with van der Waals surface area (Å²) in [6.07, 6.45) is 7.63. The van der Waals surface area contributed by atoms with Crippen molar-refractivity contribution in [1.29, 1.82) is 5.41 Å². The first-order valence-corrected chi connectivity index (χ1v) is 7.92. The lowest BCUT2D eigenvalue weighted by molar-refractivity contribution is 1.42. The molecule has 0 heterocycles. The third kappa shape index (κ3) is 4.01. The van der Waals surface area contributed by atoms with E-state index in [2.05, 4.69) is 29.6 Å².